The van der Waals surface area contributed by atoms with Crippen LogP contribution in [0.1, 0.15) is 11.1 Å². The average molecular weight is 371 g/mol. The molecule has 2 aliphatic heterocycles. The molecule has 122 valence electrons. The summed E-state index contributed by atoms with van der Waals surface area (Å²) in [6.07, 6.45) is 0. The highest BCUT2D eigenvalue weighted by molar-refractivity contribution is 9.10. The SMILES string of the molecule is Oc1c(CN2CCOCC2)cc(Br)cc1CN1CCOCC1. The third-order valence-corrected chi connectivity index (χ3v) is 4.69. The largest absolute Gasteiger partial charge is 0.507 e. The summed E-state index contributed by atoms with van der Waals surface area (Å²) in [5, 5.41) is 10.6. The number of phenols is 1. The molecule has 0 saturated carbocycles. The molecule has 0 aromatic heterocycles. The molecule has 1 aromatic carbocycles. The summed E-state index contributed by atoms with van der Waals surface area (Å²) in [5.74, 6) is 0.432. The van der Waals surface area contributed by atoms with E-state index in [0.717, 1.165) is 81.3 Å². The normalized spacial score (nSPS) is 21.1. The lowest BCUT2D eigenvalue weighted by Gasteiger charge is -2.29. The van der Waals surface area contributed by atoms with Crippen LogP contribution in [0.2, 0.25) is 0 Å². The van der Waals surface area contributed by atoms with Gasteiger partial charge in [0.2, 0.25) is 0 Å². The number of hydrogen-bond acceptors (Lipinski definition) is 5. The number of ether oxygens (including phenoxy) is 2. The van der Waals surface area contributed by atoms with E-state index in [0.29, 0.717) is 5.75 Å². The molecule has 2 heterocycles. The molecule has 0 atom stereocenters. The first-order chi connectivity index (χ1) is 10.7. The van der Waals surface area contributed by atoms with Gasteiger partial charge in [-0.05, 0) is 12.1 Å². The Bertz CT molecular complexity index is 459. The maximum atomic E-state index is 10.6. The van der Waals surface area contributed by atoms with E-state index in [2.05, 4.69) is 25.7 Å². The molecular formula is C16H23BrN2O3. The van der Waals surface area contributed by atoms with Gasteiger partial charge in [-0.2, -0.15) is 0 Å². The lowest BCUT2D eigenvalue weighted by atomic mass is 10.1. The van der Waals surface area contributed by atoms with E-state index in [1.165, 1.54) is 0 Å². The van der Waals surface area contributed by atoms with Gasteiger partial charge in [-0.1, -0.05) is 15.9 Å². The topological polar surface area (TPSA) is 45.2 Å². The van der Waals surface area contributed by atoms with Crippen molar-refractivity contribution >= 4 is 15.9 Å². The van der Waals surface area contributed by atoms with Crippen molar-refractivity contribution in [1.82, 2.24) is 9.80 Å². The van der Waals surface area contributed by atoms with E-state index in [9.17, 15) is 5.11 Å². The minimum absolute atomic E-state index is 0.432. The Labute approximate surface area is 139 Å². The molecule has 0 unspecified atom stereocenters. The Kier molecular flexibility index (Phi) is 5.71. The Morgan fingerprint density at radius 3 is 1.68 bits per heavy atom. The quantitative estimate of drug-likeness (QED) is 0.875. The molecule has 6 heteroatoms. The maximum Gasteiger partial charge on any atom is 0.124 e. The Balaban J connectivity index is 1.72. The van der Waals surface area contributed by atoms with E-state index >= 15 is 0 Å². The molecule has 3 rings (SSSR count). The minimum atomic E-state index is 0.432. The van der Waals surface area contributed by atoms with Crippen LogP contribution in [0.25, 0.3) is 0 Å². The smallest absolute Gasteiger partial charge is 0.124 e. The highest BCUT2D eigenvalue weighted by Gasteiger charge is 2.18. The number of benzene rings is 1. The fourth-order valence-electron chi connectivity index (χ4n) is 2.96. The zero-order valence-corrected chi connectivity index (χ0v) is 14.3. The van der Waals surface area contributed by atoms with Gasteiger partial charge in [-0.3, -0.25) is 9.80 Å². The fourth-order valence-corrected chi connectivity index (χ4v) is 3.51. The monoisotopic (exact) mass is 370 g/mol. The number of nitrogens with zero attached hydrogens (tertiary/aromatic N) is 2. The molecule has 0 aliphatic carbocycles. The molecule has 22 heavy (non-hydrogen) atoms. The van der Waals surface area contributed by atoms with Crippen LogP contribution in [0.3, 0.4) is 0 Å². The van der Waals surface area contributed by atoms with Crippen LogP contribution in [0.5, 0.6) is 5.75 Å². The van der Waals surface area contributed by atoms with Gasteiger partial charge >= 0.3 is 0 Å². The molecule has 5 nitrogen and oxygen atoms in total. The van der Waals surface area contributed by atoms with Crippen LogP contribution in [-0.4, -0.2) is 67.5 Å². The van der Waals surface area contributed by atoms with Gasteiger partial charge in [0.15, 0.2) is 0 Å². The van der Waals surface area contributed by atoms with Crippen LogP contribution < -0.4 is 0 Å². The van der Waals surface area contributed by atoms with E-state index < -0.39 is 0 Å². The summed E-state index contributed by atoms with van der Waals surface area (Å²) in [6, 6.07) is 4.04. The van der Waals surface area contributed by atoms with E-state index in [-0.39, 0.29) is 0 Å². The average Bonchev–Trinajstić information content (AvgIpc) is 2.54. The Morgan fingerprint density at radius 2 is 1.27 bits per heavy atom. The Morgan fingerprint density at radius 1 is 0.864 bits per heavy atom. The first-order valence-electron chi connectivity index (χ1n) is 7.83. The van der Waals surface area contributed by atoms with Crippen molar-refractivity contribution in [2.75, 3.05) is 52.6 Å². The third kappa shape index (κ3) is 4.20. The molecular weight excluding hydrogens is 348 g/mol. The zero-order valence-electron chi connectivity index (χ0n) is 12.8. The molecule has 0 amide bonds. The lowest BCUT2D eigenvalue weighted by Crippen LogP contribution is -2.36. The van der Waals surface area contributed by atoms with Crippen molar-refractivity contribution in [3.63, 3.8) is 0 Å². The summed E-state index contributed by atoms with van der Waals surface area (Å²) in [7, 11) is 0. The zero-order chi connectivity index (χ0) is 15.4. The number of hydrogen-bond donors (Lipinski definition) is 1. The molecule has 0 bridgehead atoms. The second-order valence-electron chi connectivity index (χ2n) is 5.85. The lowest BCUT2D eigenvalue weighted by molar-refractivity contribution is 0.0327. The van der Waals surface area contributed by atoms with Crippen molar-refractivity contribution in [1.29, 1.82) is 0 Å². The summed E-state index contributed by atoms with van der Waals surface area (Å²) >= 11 is 3.58. The maximum absolute atomic E-state index is 10.6. The van der Waals surface area contributed by atoms with Gasteiger partial charge in [0.25, 0.3) is 0 Å². The number of aromatic hydroxyl groups is 1. The molecule has 1 aromatic rings. The first-order valence-corrected chi connectivity index (χ1v) is 8.62. The van der Waals surface area contributed by atoms with Crippen LogP contribution >= 0.6 is 15.9 Å². The third-order valence-electron chi connectivity index (χ3n) is 4.23. The van der Waals surface area contributed by atoms with Crippen molar-refractivity contribution in [3.8, 4) is 5.75 Å². The summed E-state index contributed by atoms with van der Waals surface area (Å²) in [5.41, 5.74) is 1.97. The molecule has 2 saturated heterocycles. The minimum Gasteiger partial charge on any atom is -0.507 e. The fraction of sp³-hybridized carbons (Fsp3) is 0.625. The van der Waals surface area contributed by atoms with Crippen LogP contribution in [-0.2, 0) is 22.6 Å². The van der Waals surface area contributed by atoms with Gasteiger partial charge < -0.3 is 14.6 Å². The van der Waals surface area contributed by atoms with E-state index in [1.807, 2.05) is 12.1 Å². The summed E-state index contributed by atoms with van der Waals surface area (Å²) in [6.45, 7) is 8.32. The highest BCUT2D eigenvalue weighted by Crippen LogP contribution is 2.30. The molecule has 0 spiro atoms. The van der Waals surface area contributed by atoms with Gasteiger partial charge in [0, 0.05) is 54.9 Å². The standard InChI is InChI=1S/C16H23BrN2O3/c17-15-9-13(11-18-1-5-21-6-2-18)16(20)14(10-15)12-19-3-7-22-8-4-19/h9-10,20H,1-8,11-12H2. The Hall–Kier alpha value is -0.660. The van der Waals surface area contributed by atoms with Gasteiger partial charge in [-0.15, -0.1) is 0 Å². The van der Waals surface area contributed by atoms with Gasteiger partial charge in [-0.25, -0.2) is 0 Å². The number of phenolic OH excluding ortho intramolecular Hbond substituents is 1. The first kappa shape index (κ1) is 16.2. The van der Waals surface area contributed by atoms with Crippen molar-refractivity contribution in [2.24, 2.45) is 0 Å². The summed E-state index contributed by atoms with van der Waals surface area (Å²) in [4.78, 5) is 4.65. The van der Waals surface area contributed by atoms with Gasteiger partial charge in [0.1, 0.15) is 5.75 Å². The summed E-state index contributed by atoms with van der Waals surface area (Å²) < 4.78 is 11.8. The van der Waals surface area contributed by atoms with Crippen LogP contribution in [0.15, 0.2) is 16.6 Å². The molecule has 2 fully saturated rings. The molecule has 0 radical (unpaired) electrons. The van der Waals surface area contributed by atoms with Crippen molar-refractivity contribution < 1.29 is 14.6 Å². The number of rotatable bonds is 4. The second-order valence-corrected chi connectivity index (χ2v) is 6.77. The van der Waals surface area contributed by atoms with Gasteiger partial charge in [0.05, 0.1) is 26.4 Å². The molecule has 2 aliphatic rings. The number of halogens is 1. The predicted octanol–water partition coefficient (Wildman–Crippen LogP) is 1.82. The molecule has 1 N–H and O–H groups in total. The van der Waals surface area contributed by atoms with Crippen LogP contribution in [0, 0.1) is 0 Å². The predicted molar refractivity (Wildman–Crippen MR) is 88.0 cm³/mol. The van der Waals surface area contributed by atoms with Crippen LogP contribution in [0.4, 0.5) is 0 Å². The van der Waals surface area contributed by atoms with E-state index in [4.69, 9.17) is 9.47 Å². The van der Waals surface area contributed by atoms with E-state index in [1.54, 1.807) is 0 Å². The second kappa shape index (κ2) is 7.75. The van der Waals surface area contributed by atoms with Crippen molar-refractivity contribution in [2.45, 2.75) is 13.1 Å². The highest BCUT2D eigenvalue weighted by atomic mass is 79.9. The number of morpholine rings is 2. The van der Waals surface area contributed by atoms with Crippen molar-refractivity contribution in [3.05, 3.63) is 27.7 Å².